The van der Waals surface area contributed by atoms with Crippen molar-refractivity contribution in [2.45, 2.75) is 82.5 Å². The summed E-state index contributed by atoms with van der Waals surface area (Å²) in [6, 6.07) is 10.8. The number of hydrogen-bond acceptors (Lipinski definition) is 5. The van der Waals surface area contributed by atoms with Crippen molar-refractivity contribution in [2.75, 3.05) is 39.8 Å². The van der Waals surface area contributed by atoms with E-state index in [0.717, 1.165) is 51.7 Å². The molecule has 4 aliphatic rings. The molecule has 0 radical (unpaired) electrons. The van der Waals surface area contributed by atoms with Gasteiger partial charge in [0.05, 0.1) is 6.54 Å². The van der Waals surface area contributed by atoms with Crippen LogP contribution in [0.4, 0.5) is 0 Å². The SMILES string of the molecule is CN1CCC(N2CC3N(CCCc4ccccc4)OC(CC4CCCCC4)C(=O)N3CC2=O)CC1. The highest BCUT2D eigenvalue weighted by Crippen LogP contribution is 2.33. The molecule has 1 aromatic rings. The second kappa shape index (κ2) is 11.4. The first kappa shape index (κ1) is 24.7. The number of nitrogens with zero attached hydrogens (tertiary/aromatic N) is 4. The molecule has 0 spiro atoms. The third-order valence-electron chi connectivity index (χ3n) is 8.59. The molecule has 7 nitrogen and oxygen atoms in total. The van der Waals surface area contributed by atoms with Crippen LogP contribution in [0.15, 0.2) is 30.3 Å². The molecule has 1 aromatic carbocycles. The number of likely N-dealkylation sites (tertiary alicyclic amines) is 1. The number of carbonyl (C=O) groups excluding carboxylic acids is 2. The predicted octanol–water partition coefficient (Wildman–Crippen LogP) is 3.30. The fourth-order valence-corrected chi connectivity index (χ4v) is 6.47. The van der Waals surface area contributed by atoms with E-state index < -0.39 is 6.10 Å². The molecule has 1 aliphatic carbocycles. The van der Waals surface area contributed by atoms with Gasteiger partial charge in [0.2, 0.25) is 5.91 Å². The number of hydrogen-bond donors (Lipinski definition) is 0. The van der Waals surface area contributed by atoms with E-state index in [1.165, 1.54) is 37.7 Å². The zero-order valence-corrected chi connectivity index (χ0v) is 21.3. The normalized spacial score (nSPS) is 27.9. The zero-order chi connectivity index (χ0) is 24.2. The summed E-state index contributed by atoms with van der Waals surface area (Å²) in [6.07, 6.45) is 10.3. The molecule has 4 fully saturated rings. The molecule has 3 heterocycles. The second-order valence-electron chi connectivity index (χ2n) is 11.1. The minimum absolute atomic E-state index is 0.0243. The van der Waals surface area contributed by atoms with Crippen LogP contribution in [0.5, 0.6) is 0 Å². The molecule has 3 aliphatic heterocycles. The van der Waals surface area contributed by atoms with Crippen LogP contribution in [0, 0.1) is 5.92 Å². The molecule has 0 bridgehead atoms. The van der Waals surface area contributed by atoms with Gasteiger partial charge in [-0.2, -0.15) is 5.06 Å². The van der Waals surface area contributed by atoms with Crippen molar-refractivity contribution in [3.63, 3.8) is 0 Å². The van der Waals surface area contributed by atoms with E-state index in [2.05, 4.69) is 46.2 Å². The van der Waals surface area contributed by atoms with Crippen LogP contribution in [-0.2, 0) is 20.8 Å². The van der Waals surface area contributed by atoms with Crippen molar-refractivity contribution >= 4 is 11.8 Å². The third-order valence-corrected chi connectivity index (χ3v) is 8.59. The van der Waals surface area contributed by atoms with Gasteiger partial charge in [-0.05, 0) is 63.7 Å². The van der Waals surface area contributed by atoms with E-state index in [-0.39, 0.29) is 30.6 Å². The van der Waals surface area contributed by atoms with E-state index in [9.17, 15) is 9.59 Å². The van der Waals surface area contributed by atoms with Gasteiger partial charge in [0.15, 0.2) is 6.10 Å². The molecule has 192 valence electrons. The molecule has 2 atom stereocenters. The van der Waals surface area contributed by atoms with Gasteiger partial charge >= 0.3 is 0 Å². The summed E-state index contributed by atoms with van der Waals surface area (Å²) in [4.78, 5) is 39.5. The molecule has 7 heteroatoms. The van der Waals surface area contributed by atoms with Gasteiger partial charge in [-0.3, -0.25) is 14.4 Å². The maximum absolute atomic E-state index is 13.5. The molecule has 3 saturated heterocycles. The predicted molar refractivity (Wildman–Crippen MR) is 135 cm³/mol. The zero-order valence-electron chi connectivity index (χ0n) is 21.3. The standard InChI is InChI=1S/C28H42N4O3/c1-29-17-14-24(15-18-29)30-20-26-31(21-27(30)33)28(34)25(19-23-11-6-3-7-12-23)35-32(26)16-8-13-22-9-4-2-5-10-22/h2,4-5,9-10,23-26H,3,6-8,11-21H2,1H3. The van der Waals surface area contributed by atoms with Crippen LogP contribution in [0.25, 0.3) is 0 Å². The number of aryl methyl sites for hydroxylation is 1. The summed E-state index contributed by atoms with van der Waals surface area (Å²) >= 11 is 0. The molecule has 1 saturated carbocycles. The summed E-state index contributed by atoms with van der Waals surface area (Å²) in [5.41, 5.74) is 1.32. The highest BCUT2D eigenvalue weighted by molar-refractivity contribution is 5.89. The lowest BCUT2D eigenvalue weighted by Gasteiger charge is -2.52. The van der Waals surface area contributed by atoms with Crippen LogP contribution in [-0.4, -0.2) is 89.7 Å². The van der Waals surface area contributed by atoms with Crippen molar-refractivity contribution < 1.29 is 14.4 Å². The number of rotatable bonds is 7. The molecular formula is C28H42N4O3. The Hall–Kier alpha value is -1.96. The van der Waals surface area contributed by atoms with Crippen molar-refractivity contribution in [3.05, 3.63) is 35.9 Å². The number of piperazine rings is 1. The Kier molecular flexibility index (Phi) is 8.05. The minimum Gasteiger partial charge on any atom is -0.335 e. The van der Waals surface area contributed by atoms with E-state index in [1.54, 1.807) is 0 Å². The van der Waals surface area contributed by atoms with Crippen LogP contribution in [0.1, 0.15) is 63.4 Å². The number of carbonyl (C=O) groups is 2. The van der Waals surface area contributed by atoms with Gasteiger partial charge < -0.3 is 14.7 Å². The van der Waals surface area contributed by atoms with Crippen molar-refractivity contribution in [2.24, 2.45) is 5.92 Å². The summed E-state index contributed by atoms with van der Waals surface area (Å²) < 4.78 is 0. The maximum atomic E-state index is 13.5. The fraction of sp³-hybridized carbons (Fsp3) is 0.714. The Morgan fingerprint density at radius 1 is 0.943 bits per heavy atom. The first-order chi connectivity index (χ1) is 17.1. The first-order valence-electron chi connectivity index (χ1n) is 13.8. The minimum atomic E-state index is -0.450. The van der Waals surface area contributed by atoms with Crippen molar-refractivity contribution in [1.29, 1.82) is 0 Å². The van der Waals surface area contributed by atoms with Crippen molar-refractivity contribution in [1.82, 2.24) is 19.8 Å². The number of fused-ring (bicyclic) bond motifs is 1. The topological polar surface area (TPSA) is 56.3 Å². The number of amides is 2. The number of piperidine rings is 1. The van der Waals surface area contributed by atoms with Crippen LogP contribution >= 0.6 is 0 Å². The second-order valence-corrected chi connectivity index (χ2v) is 11.1. The first-order valence-corrected chi connectivity index (χ1v) is 13.8. The Bertz CT molecular complexity index is 851. The molecule has 2 unspecified atom stereocenters. The molecule has 0 aromatic heterocycles. The lowest BCUT2D eigenvalue weighted by Crippen LogP contribution is -2.70. The van der Waals surface area contributed by atoms with E-state index >= 15 is 0 Å². The van der Waals surface area contributed by atoms with Gasteiger partial charge in [0.1, 0.15) is 12.7 Å². The number of hydroxylamine groups is 2. The number of benzene rings is 1. The largest absolute Gasteiger partial charge is 0.335 e. The molecule has 0 N–H and O–H groups in total. The third kappa shape index (κ3) is 5.89. The molecule has 35 heavy (non-hydrogen) atoms. The Balaban J connectivity index is 1.29. The molecule has 2 amide bonds. The smallest absolute Gasteiger partial charge is 0.255 e. The molecular weight excluding hydrogens is 440 g/mol. The Morgan fingerprint density at radius 2 is 1.69 bits per heavy atom. The highest BCUT2D eigenvalue weighted by Gasteiger charge is 2.48. The van der Waals surface area contributed by atoms with Gasteiger partial charge in [0, 0.05) is 12.6 Å². The van der Waals surface area contributed by atoms with Gasteiger partial charge in [0.25, 0.3) is 5.91 Å². The monoisotopic (exact) mass is 482 g/mol. The summed E-state index contributed by atoms with van der Waals surface area (Å²) in [5, 5.41) is 2.06. The van der Waals surface area contributed by atoms with Gasteiger partial charge in [-0.25, -0.2) is 0 Å². The summed E-state index contributed by atoms with van der Waals surface area (Å²) in [5.74, 6) is 0.680. The quantitative estimate of drug-likeness (QED) is 0.597. The fourth-order valence-electron chi connectivity index (χ4n) is 6.47. The maximum Gasteiger partial charge on any atom is 0.255 e. The highest BCUT2D eigenvalue weighted by atomic mass is 16.7. The lowest BCUT2D eigenvalue weighted by molar-refractivity contribution is -0.284. The van der Waals surface area contributed by atoms with Crippen LogP contribution < -0.4 is 0 Å². The van der Waals surface area contributed by atoms with Gasteiger partial charge in [-0.15, -0.1) is 0 Å². The average Bonchev–Trinajstić information content (AvgIpc) is 2.88. The van der Waals surface area contributed by atoms with E-state index in [0.29, 0.717) is 12.5 Å². The van der Waals surface area contributed by atoms with Crippen LogP contribution in [0.2, 0.25) is 0 Å². The molecule has 5 rings (SSSR count). The Labute approximate surface area is 210 Å². The lowest BCUT2D eigenvalue weighted by atomic mass is 9.85. The summed E-state index contributed by atoms with van der Waals surface area (Å²) in [7, 11) is 2.14. The average molecular weight is 483 g/mol. The van der Waals surface area contributed by atoms with E-state index in [4.69, 9.17) is 4.84 Å². The Morgan fingerprint density at radius 3 is 2.43 bits per heavy atom. The van der Waals surface area contributed by atoms with Gasteiger partial charge in [-0.1, -0.05) is 62.4 Å². The van der Waals surface area contributed by atoms with Crippen molar-refractivity contribution in [3.8, 4) is 0 Å². The van der Waals surface area contributed by atoms with Crippen LogP contribution in [0.3, 0.4) is 0 Å². The summed E-state index contributed by atoms with van der Waals surface area (Å²) in [6.45, 7) is 3.54. The van der Waals surface area contributed by atoms with E-state index in [1.807, 2.05) is 11.0 Å².